The van der Waals surface area contributed by atoms with E-state index < -0.39 is 11.5 Å². The minimum absolute atomic E-state index is 0.115. The maximum atomic E-state index is 11.3. The van der Waals surface area contributed by atoms with Crippen LogP contribution in [0.1, 0.15) is 10.4 Å². The van der Waals surface area contributed by atoms with E-state index in [4.69, 9.17) is 10.5 Å². The molecule has 0 aliphatic rings. The number of ether oxygens (including phenoxy) is 1. The minimum Gasteiger partial charge on any atom is -0.497 e. The first-order valence-corrected chi connectivity index (χ1v) is 5.16. The van der Waals surface area contributed by atoms with Gasteiger partial charge in [-0.05, 0) is 30.3 Å². The topological polar surface area (TPSA) is 98.1 Å². The molecule has 0 bridgehead atoms. The molecule has 6 heteroatoms. The van der Waals surface area contributed by atoms with Crippen LogP contribution in [0.4, 0.5) is 0 Å². The van der Waals surface area contributed by atoms with E-state index >= 15 is 0 Å². The van der Waals surface area contributed by atoms with Gasteiger partial charge in [0.2, 0.25) is 0 Å². The number of H-pyrrole nitrogens is 1. The number of amides is 1. The number of nitrogens with one attached hydrogen (secondary N) is 1. The molecule has 0 fully saturated rings. The largest absolute Gasteiger partial charge is 0.497 e. The molecule has 2 aromatic rings. The van der Waals surface area contributed by atoms with Gasteiger partial charge in [0.25, 0.3) is 11.5 Å². The van der Waals surface area contributed by atoms with Crippen molar-refractivity contribution in [1.29, 1.82) is 0 Å². The molecule has 1 aromatic carbocycles. The van der Waals surface area contributed by atoms with Crippen LogP contribution in [0.5, 0.6) is 5.75 Å². The van der Waals surface area contributed by atoms with Crippen LogP contribution in [0, 0.1) is 0 Å². The van der Waals surface area contributed by atoms with Crippen molar-refractivity contribution in [2.24, 2.45) is 5.73 Å². The number of aromatic amines is 1. The van der Waals surface area contributed by atoms with Gasteiger partial charge in [-0.15, -0.1) is 0 Å². The molecule has 0 saturated carbocycles. The zero-order valence-corrected chi connectivity index (χ0v) is 9.64. The number of carbonyl (C=O) groups excluding carboxylic acids is 1. The van der Waals surface area contributed by atoms with Gasteiger partial charge in [0, 0.05) is 5.56 Å². The van der Waals surface area contributed by atoms with Crippen LogP contribution < -0.4 is 16.0 Å². The Balaban J connectivity index is 2.47. The lowest BCUT2D eigenvalue weighted by Gasteiger charge is -2.03. The van der Waals surface area contributed by atoms with Crippen molar-refractivity contribution in [2.75, 3.05) is 7.11 Å². The molecule has 18 heavy (non-hydrogen) atoms. The number of rotatable bonds is 3. The molecule has 2 rings (SSSR count). The molecule has 6 nitrogen and oxygen atoms in total. The predicted molar refractivity (Wildman–Crippen MR) is 65.4 cm³/mol. The second-order valence-corrected chi connectivity index (χ2v) is 3.59. The van der Waals surface area contributed by atoms with Crippen molar-refractivity contribution in [3.8, 4) is 17.0 Å². The summed E-state index contributed by atoms with van der Waals surface area (Å²) in [5.41, 5.74) is 5.60. The smallest absolute Gasteiger partial charge is 0.277 e. The highest BCUT2D eigenvalue weighted by Crippen LogP contribution is 2.19. The quantitative estimate of drug-likeness (QED) is 0.824. The Hall–Kier alpha value is -2.63. The highest BCUT2D eigenvalue weighted by atomic mass is 16.5. The number of hydrogen-bond donors (Lipinski definition) is 2. The molecule has 0 unspecified atom stereocenters. The van der Waals surface area contributed by atoms with E-state index in [1.54, 1.807) is 31.4 Å². The molecule has 1 amide bonds. The number of aromatic nitrogens is 2. The third kappa shape index (κ3) is 2.22. The van der Waals surface area contributed by atoms with Crippen molar-refractivity contribution < 1.29 is 9.53 Å². The third-order valence-electron chi connectivity index (χ3n) is 2.45. The van der Waals surface area contributed by atoms with Crippen LogP contribution in [-0.4, -0.2) is 23.2 Å². The number of nitrogens with two attached hydrogens (primary N) is 1. The van der Waals surface area contributed by atoms with Crippen molar-refractivity contribution in [3.63, 3.8) is 0 Å². The summed E-state index contributed by atoms with van der Waals surface area (Å²) in [4.78, 5) is 22.4. The van der Waals surface area contributed by atoms with Gasteiger partial charge in [0.05, 0.1) is 12.8 Å². The Bertz CT molecular complexity index is 632. The van der Waals surface area contributed by atoms with Crippen LogP contribution >= 0.6 is 0 Å². The SMILES string of the molecule is COc1ccc(-c2cc(C(N)=O)c(=O)[nH]n2)cc1. The number of nitrogens with zero attached hydrogens (tertiary/aromatic N) is 1. The average molecular weight is 245 g/mol. The van der Waals surface area contributed by atoms with Gasteiger partial charge < -0.3 is 10.5 Å². The molecule has 0 atom stereocenters. The highest BCUT2D eigenvalue weighted by Gasteiger charge is 2.09. The second-order valence-electron chi connectivity index (χ2n) is 3.59. The average Bonchev–Trinajstić information content (AvgIpc) is 2.39. The fourth-order valence-electron chi connectivity index (χ4n) is 1.50. The molecule has 0 radical (unpaired) electrons. The first-order valence-electron chi connectivity index (χ1n) is 5.16. The van der Waals surface area contributed by atoms with E-state index in [9.17, 15) is 9.59 Å². The van der Waals surface area contributed by atoms with E-state index in [2.05, 4.69) is 10.2 Å². The van der Waals surface area contributed by atoms with Gasteiger partial charge in [0.15, 0.2) is 0 Å². The third-order valence-corrected chi connectivity index (χ3v) is 2.45. The molecule has 1 aromatic heterocycles. The van der Waals surface area contributed by atoms with E-state index in [-0.39, 0.29) is 5.56 Å². The second kappa shape index (κ2) is 4.70. The van der Waals surface area contributed by atoms with Crippen LogP contribution in [0.25, 0.3) is 11.3 Å². The van der Waals surface area contributed by atoms with E-state index in [0.29, 0.717) is 11.4 Å². The molecule has 1 heterocycles. The number of primary amides is 1. The molecule has 3 N–H and O–H groups in total. The molecule has 0 spiro atoms. The zero-order chi connectivity index (χ0) is 13.1. The van der Waals surface area contributed by atoms with E-state index in [1.165, 1.54) is 6.07 Å². The summed E-state index contributed by atoms with van der Waals surface area (Å²) in [6.45, 7) is 0. The lowest BCUT2D eigenvalue weighted by atomic mass is 10.1. The van der Waals surface area contributed by atoms with E-state index in [0.717, 1.165) is 5.56 Å². The van der Waals surface area contributed by atoms with Crippen molar-refractivity contribution in [2.45, 2.75) is 0 Å². The molecule has 0 aliphatic carbocycles. The summed E-state index contributed by atoms with van der Waals surface area (Å²) >= 11 is 0. The van der Waals surface area contributed by atoms with Gasteiger partial charge in [-0.1, -0.05) is 0 Å². The molecular weight excluding hydrogens is 234 g/mol. The summed E-state index contributed by atoms with van der Waals surface area (Å²) in [5, 5.41) is 6.10. The number of carbonyl (C=O) groups is 1. The van der Waals surface area contributed by atoms with Crippen LogP contribution in [0.2, 0.25) is 0 Å². The van der Waals surface area contributed by atoms with Crippen LogP contribution in [0.15, 0.2) is 35.1 Å². The predicted octanol–water partition coefficient (Wildman–Crippen LogP) is 0.544. The van der Waals surface area contributed by atoms with Gasteiger partial charge in [-0.2, -0.15) is 5.10 Å². The zero-order valence-electron chi connectivity index (χ0n) is 9.64. The van der Waals surface area contributed by atoms with Crippen molar-refractivity contribution in [3.05, 3.63) is 46.2 Å². The first kappa shape index (κ1) is 11.8. The fraction of sp³-hybridized carbons (Fsp3) is 0.0833. The van der Waals surface area contributed by atoms with Crippen LogP contribution in [0.3, 0.4) is 0 Å². The number of methoxy groups -OCH3 is 1. The summed E-state index contributed by atoms with van der Waals surface area (Å²) in [5.74, 6) is -0.0771. The summed E-state index contributed by atoms with van der Waals surface area (Å²) < 4.78 is 5.03. The van der Waals surface area contributed by atoms with Gasteiger partial charge in [-0.3, -0.25) is 9.59 Å². The monoisotopic (exact) mass is 245 g/mol. The first-order chi connectivity index (χ1) is 8.61. The Morgan fingerprint density at radius 1 is 1.33 bits per heavy atom. The Kier molecular flexibility index (Phi) is 3.09. The minimum atomic E-state index is -0.784. The van der Waals surface area contributed by atoms with Gasteiger partial charge in [-0.25, -0.2) is 5.10 Å². The summed E-state index contributed by atoms with van der Waals surface area (Å²) in [7, 11) is 1.57. The number of hydrogen-bond acceptors (Lipinski definition) is 4. The lowest BCUT2D eigenvalue weighted by Crippen LogP contribution is -2.24. The van der Waals surface area contributed by atoms with Crippen LogP contribution in [-0.2, 0) is 0 Å². The summed E-state index contributed by atoms with van der Waals surface area (Å²) in [6, 6.07) is 8.41. The highest BCUT2D eigenvalue weighted by molar-refractivity contribution is 5.93. The van der Waals surface area contributed by atoms with Crippen molar-refractivity contribution in [1.82, 2.24) is 10.2 Å². The number of benzene rings is 1. The Labute approximate surface area is 102 Å². The standard InChI is InChI=1S/C12H11N3O3/c1-18-8-4-2-7(3-5-8)10-6-9(11(13)16)12(17)15-14-10/h2-6H,1H3,(H2,13,16)(H,15,17). The molecule has 0 saturated heterocycles. The van der Waals surface area contributed by atoms with Crippen molar-refractivity contribution >= 4 is 5.91 Å². The summed E-state index contributed by atoms with van der Waals surface area (Å²) in [6.07, 6.45) is 0. The molecule has 92 valence electrons. The van der Waals surface area contributed by atoms with Gasteiger partial charge >= 0.3 is 0 Å². The maximum absolute atomic E-state index is 11.3. The molecule has 0 aliphatic heterocycles. The Morgan fingerprint density at radius 3 is 2.56 bits per heavy atom. The normalized spacial score (nSPS) is 10.1. The maximum Gasteiger partial charge on any atom is 0.277 e. The van der Waals surface area contributed by atoms with Gasteiger partial charge in [0.1, 0.15) is 11.3 Å². The molecular formula is C12H11N3O3. The lowest BCUT2D eigenvalue weighted by molar-refractivity contribution is 0.0998. The van der Waals surface area contributed by atoms with E-state index in [1.807, 2.05) is 0 Å². The Morgan fingerprint density at radius 2 is 2.00 bits per heavy atom. The fourth-order valence-corrected chi connectivity index (χ4v) is 1.50.